The van der Waals surface area contributed by atoms with Crippen LogP contribution >= 0.6 is 0 Å². The summed E-state index contributed by atoms with van der Waals surface area (Å²) in [6, 6.07) is 22.9. The van der Waals surface area contributed by atoms with Crippen molar-refractivity contribution in [1.82, 2.24) is 0 Å². The molecule has 26 heavy (non-hydrogen) atoms. The minimum atomic E-state index is -0.478. The van der Waals surface area contributed by atoms with Gasteiger partial charge in [0.15, 0.2) is 23.5 Å². The van der Waals surface area contributed by atoms with Crippen molar-refractivity contribution in [3.05, 3.63) is 107 Å². The van der Waals surface area contributed by atoms with Gasteiger partial charge in [0.05, 0.1) is 5.92 Å². The van der Waals surface area contributed by atoms with Crippen LogP contribution in [0.2, 0.25) is 0 Å². The van der Waals surface area contributed by atoms with Crippen LogP contribution in [0.3, 0.4) is 0 Å². The molecule has 0 spiro atoms. The molecule has 0 fully saturated rings. The van der Waals surface area contributed by atoms with Gasteiger partial charge in [0, 0.05) is 36.1 Å². The van der Waals surface area contributed by atoms with Crippen LogP contribution in [-0.2, 0) is 0 Å². The third kappa shape index (κ3) is 4.22. The predicted molar refractivity (Wildman–Crippen MR) is 98.9 cm³/mol. The molecular weight excluding hydrogens is 326 g/mol. The van der Waals surface area contributed by atoms with Crippen LogP contribution in [0.25, 0.3) is 0 Å². The summed E-state index contributed by atoms with van der Waals surface area (Å²) in [6.45, 7) is 0. The van der Waals surface area contributed by atoms with Gasteiger partial charge in [0.2, 0.25) is 0 Å². The van der Waals surface area contributed by atoms with Gasteiger partial charge in [-0.1, -0.05) is 66.7 Å². The first-order valence-corrected chi connectivity index (χ1v) is 8.49. The van der Waals surface area contributed by atoms with E-state index in [2.05, 4.69) is 0 Å². The zero-order valence-corrected chi connectivity index (χ0v) is 14.2. The molecule has 0 bridgehead atoms. The molecule has 3 rings (SSSR count). The van der Waals surface area contributed by atoms with E-state index in [1.807, 2.05) is 12.1 Å². The summed E-state index contributed by atoms with van der Waals surface area (Å²) in [6.07, 6.45) is 1.60. The van der Waals surface area contributed by atoms with Crippen LogP contribution in [0.5, 0.6) is 0 Å². The number of ketones is 2. The first-order chi connectivity index (χ1) is 12.6. The van der Waals surface area contributed by atoms with E-state index in [0.717, 1.165) is 4.73 Å². The molecule has 0 aliphatic carbocycles. The van der Waals surface area contributed by atoms with Crippen LogP contribution in [0.1, 0.15) is 45.2 Å². The molecule has 0 atom stereocenters. The Labute approximate surface area is 152 Å². The van der Waals surface area contributed by atoms with Crippen molar-refractivity contribution in [3.63, 3.8) is 0 Å². The van der Waals surface area contributed by atoms with E-state index in [4.69, 9.17) is 0 Å². The summed E-state index contributed by atoms with van der Waals surface area (Å²) >= 11 is 0. The lowest BCUT2D eigenvalue weighted by atomic mass is 9.89. The Balaban J connectivity index is 1.86. The molecule has 4 nitrogen and oxygen atoms in total. The number of carbonyl (C=O) groups excluding carboxylic acids is 2. The number of rotatable bonds is 7. The fourth-order valence-electron chi connectivity index (χ4n) is 2.97. The summed E-state index contributed by atoms with van der Waals surface area (Å²) in [4.78, 5) is 25.3. The van der Waals surface area contributed by atoms with Crippen LogP contribution in [0.4, 0.5) is 0 Å². The van der Waals surface area contributed by atoms with E-state index in [-0.39, 0.29) is 24.4 Å². The van der Waals surface area contributed by atoms with Gasteiger partial charge in [-0.05, 0) is 0 Å². The molecule has 2 aromatic carbocycles. The van der Waals surface area contributed by atoms with Crippen LogP contribution < -0.4 is 4.73 Å². The highest BCUT2D eigenvalue weighted by atomic mass is 16.5. The Morgan fingerprint density at radius 1 is 0.731 bits per heavy atom. The molecule has 0 amide bonds. The number of hydrogen-bond donors (Lipinski definition) is 0. The molecule has 0 saturated carbocycles. The Kier molecular flexibility index (Phi) is 5.54. The average Bonchev–Trinajstić information content (AvgIpc) is 2.69. The highest BCUT2D eigenvalue weighted by Crippen LogP contribution is 2.25. The van der Waals surface area contributed by atoms with E-state index in [1.54, 1.807) is 66.7 Å². The van der Waals surface area contributed by atoms with Gasteiger partial charge in [-0.15, -0.1) is 0 Å². The third-order valence-corrected chi connectivity index (χ3v) is 4.33. The number of nitrogens with zero attached hydrogens (tertiary/aromatic N) is 1. The molecule has 4 heteroatoms. The van der Waals surface area contributed by atoms with Crippen molar-refractivity contribution in [2.24, 2.45) is 0 Å². The quantitative estimate of drug-likeness (QED) is 0.370. The largest absolute Gasteiger partial charge is 0.618 e. The summed E-state index contributed by atoms with van der Waals surface area (Å²) in [5, 5.41) is 12.2. The van der Waals surface area contributed by atoms with Crippen molar-refractivity contribution in [3.8, 4) is 0 Å². The van der Waals surface area contributed by atoms with Crippen molar-refractivity contribution >= 4 is 11.6 Å². The van der Waals surface area contributed by atoms with Crippen molar-refractivity contribution in [2.75, 3.05) is 0 Å². The topological polar surface area (TPSA) is 61.1 Å². The normalized spacial score (nSPS) is 10.7. The molecule has 130 valence electrons. The van der Waals surface area contributed by atoms with E-state index in [9.17, 15) is 14.8 Å². The third-order valence-electron chi connectivity index (χ3n) is 4.33. The van der Waals surface area contributed by atoms with Crippen LogP contribution in [0, 0.1) is 5.21 Å². The Morgan fingerprint density at radius 3 is 1.65 bits per heavy atom. The Bertz CT molecular complexity index is 838. The van der Waals surface area contributed by atoms with Crippen LogP contribution in [0.15, 0.2) is 85.1 Å². The minimum absolute atomic E-state index is 0.0830. The molecule has 0 aliphatic heterocycles. The molecule has 0 aliphatic rings. The molecule has 0 saturated heterocycles. The van der Waals surface area contributed by atoms with Crippen molar-refractivity contribution in [2.45, 2.75) is 18.8 Å². The number of hydrogen-bond acceptors (Lipinski definition) is 3. The Hall–Kier alpha value is -3.27. The molecule has 0 unspecified atom stereocenters. The average molecular weight is 345 g/mol. The van der Waals surface area contributed by atoms with Gasteiger partial charge < -0.3 is 5.21 Å². The van der Waals surface area contributed by atoms with E-state index in [1.165, 1.54) is 6.20 Å². The second kappa shape index (κ2) is 8.21. The molecule has 1 aromatic heterocycles. The second-order valence-corrected chi connectivity index (χ2v) is 6.13. The zero-order chi connectivity index (χ0) is 18.4. The zero-order valence-electron chi connectivity index (χ0n) is 14.2. The van der Waals surface area contributed by atoms with Gasteiger partial charge in [-0.3, -0.25) is 9.59 Å². The molecule has 3 aromatic rings. The number of pyridine rings is 1. The predicted octanol–water partition coefficient (Wildman–Crippen LogP) is 3.95. The first-order valence-electron chi connectivity index (χ1n) is 8.49. The van der Waals surface area contributed by atoms with Gasteiger partial charge in [0.1, 0.15) is 0 Å². The summed E-state index contributed by atoms with van der Waals surface area (Å²) < 4.78 is 0.737. The summed E-state index contributed by atoms with van der Waals surface area (Å²) in [7, 11) is 0. The molecule has 0 N–H and O–H groups in total. The second-order valence-electron chi connectivity index (χ2n) is 6.13. The van der Waals surface area contributed by atoms with Gasteiger partial charge >= 0.3 is 0 Å². The van der Waals surface area contributed by atoms with Gasteiger partial charge in [-0.25, -0.2) is 0 Å². The highest BCUT2D eigenvalue weighted by molar-refractivity contribution is 5.99. The van der Waals surface area contributed by atoms with Crippen molar-refractivity contribution < 1.29 is 14.3 Å². The monoisotopic (exact) mass is 345 g/mol. The van der Waals surface area contributed by atoms with E-state index >= 15 is 0 Å². The standard InChI is InChI=1S/C22H19NO3/c24-21(17-9-3-1-4-10-17)15-19(20-13-7-8-14-23(20)26)16-22(25)18-11-5-2-6-12-18/h1-14,19H,15-16H2. The SMILES string of the molecule is O=C(CC(CC(=O)c1ccccc1)c1cccc[n+]1[O-])c1ccccc1. The molecular formula is C22H19NO3. The summed E-state index contributed by atoms with van der Waals surface area (Å²) in [5.41, 5.74) is 1.59. The highest BCUT2D eigenvalue weighted by Gasteiger charge is 2.26. The van der Waals surface area contributed by atoms with E-state index < -0.39 is 5.92 Å². The summed E-state index contributed by atoms with van der Waals surface area (Å²) in [5.74, 6) is -0.644. The van der Waals surface area contributed by atoms with Gasteiger partial charge in [0.25, 0.3) is 0 Å². The maximum Gasteiger partial charge on any atom is 0.196 e. The lowest BCUT2D eigenvalue weighted by Gasteiger charge is -2.15. The fourth-order valence-corrected chi connectivity index (χ4v) is 2.97. The number of carbonyl (C=O) groups is 2. The first kappa shape index (κ1) is 17.5. The molecule has 0 radical (unpaired) electrons. The van der Waals surface area contributed by atoms with Crippen molar-refractivity contribution in [1.29, 1.82) is 0 Å². The maximum atomic E-state index is 12.6. The minimum Gasteiger partial charge on any atom is -0.618 e. The fraction of sp³-hybridized carbons (Fsp3) is 0.136. The lowest BCUT2D eigenvalue weighted by Crippen LogP contribution is -2.34. The maximum absolute atomic E-state index is 12.6. The molecule has 1 heterocycles. The Morgan fingerprint density at radius 2 is 1.19 bits per heavy atom. The van der Waals surface area contributed by atoms with Gasteiger partial charge in [-0.2, -0.15) is 4.73 Å². The number of aromatic nitrogens is 1. The number of Topliss-reactive ketones (excluding diaryl/α,β-unsaturated/α-hetero) is 2. The smallest absolute Gasteiger partial charge is 0.196 e. The lowest BCUT2D eigenvalue weighted by molar-refractivity contribution is -0.615. The van der Waals surface area contributed by atoms with E-state index in [0.29, 0.717) is 16.8 Å². The number of benzene rings is 2. The van der Waals surface area contributed by atoms with Crippen LogP contribution in [-0.4, -0.2) is 11.6 Å².